The highest BCUT2D eigenvalue weighted by Gasteiger charge is 2.15. The number of hydrogen-bond donors (Lipinski definition) is 2. The lowest BCUT2D eigenvalue weighted by Gasteiger charge is -2.08. The van der Waals surface area contributed by atoms with Gasteiger partial charge in [-0.15, -0.1) is 0 Å². The molecule has 0 saturated carbocycles. The van der Waals surface area contributed by atoms with E-state index in [4.69, 9.17) is 10.3 Å². The Kier molecular flexibility index (Phi) is 3.74. The predicted molar refractivity (Wildman–Crippen MR) is 68.2 cm³/mol. The van der Waals surface area contributed by atoms with Crippen molar-refractivity contribution in [1.29, 1.82) is 0 Å². The first-order valence-electron chi connectivity index (χ1n) is 5.88. The third-order valence-electron chi connectivity index (χ3n) is 2.48. The molecule has 3 N–H and O–H groups in total. The van der Waals surface area contributed by atoms with Crippen LogP contribution in [0.3, 0.4) is 0 Å². The summed E-state index contributed by atoms with van der Waals surface area (Å²) in [5.74, 6) is 0.906. The van der Waals surface area contributed by atoms with Gasteiger partial charge in [0.15, 0.2) is 11.5 Å². The van der Waals surface area contributed by atoms with E-state index in [1.165, 1.54) is 12.4 Å². The molecule has 7 heteroatoms. The monoisotopic (exact) mass is 261 g/mol. The highest BCUT2D eigenvalue weighted by atomic mass is 16.5. The molecule has 100 valence electrons. The number of nitrogens with one attached hydrogen (secondary N) is 1. The summed E-state index contributed by atoms with van der Waals surface area (Å²) < 4.78 is 4.88. The Morgan fingerprint density at radius 3 is 2.95 bits per heavy atom. The largest absolute Gasteiger partial charge is 0.396 e. The van der Waals surface area contributed by atoms with Gasteiger partial charge in [-0.2, -0.15) is 0 Å². The molecule has 1 amide bonds. The average molecular weight is 261 g/mol. The first-order chi connectivity index (χ1) is 9.08. The lowest BCUT2D eigenvalue weighted by atomic mass is 10.2. The van der Waals surface area contributed by atoms with Crippen molar-refractivity contribution < 1.29 is 9.32 Å². The second kappa shape index (κ2) is 5.47. The molecule has 0 unspecified atom stereocenters. The Bertz CT molecular complexity index is 566. The maximum atomic E-state index is 12.0. The maximum Gasteiger partial charge on any atom is 0.272 e. The first-order valence-corrected chi connectivity index (χ1v) is 5.88. The molecule has 0 aliphatic rings. The Hall–Kier alpha value is -2.44. The summed E-state index contributed by atoms with van der Waals surface area (Å²) >= 11 is 0. The standard InChI is InChI=1S/C12H15N5O2/c1-7(2)11-14-6-9(13)10(17-11)12(18)15-5-8-3-4-16-19-8/h3-4,6-7H,5,13H2,1-2H3,(H,15,18). The van der Waals surface area contributed by atoms with Gasteiger partial charge in [0.1, 0.15) is 5.82 Å². The molecular formula is C12H15N5O2. The summed E-state index contributed by atoms with van der Waals surface area (Å²) in [6.45, 7) is 4.13. The van der Waals surface area contributed by atoms with Crippen LogP contribution in [-0.2, 0) is 6.54 Å². The highest BCUT2D eigenvalue weighted by molar-refractivity contribution is 5.96. The van der Waals surface area contributed by atoms with Crippen molar-refractivity contribution in [2.45, 2.75) is 26.3 Å². The van der Waals surface area contributed by atoms with Crippen LogP contribution in [0.1, 0.15) is 41.8 Å². The number of anilines is 1. The van der Waals surface area contributed by atoms with Crippen LogP contribution in [0.4, 0.5) is 5.69 Å². The minimum Gasteiger partial charge on any atom is -0.396 e. The Labute approximate surface area is 110 Å². The molecule has 0 spiro atoms. The molecule has 0 saturated heterocycles. The molecule has 19 heavy (non-hydrogen) atoms. The number of rotatable bonds is 4. The van der Waals surface area contributed by atoms with Gasteiger partial charge in [0.2, 0.25) is 0 Å². The third kappa shape index (κ3) is 3.06. The van der Waals surface area contributed by atoms with Crippen LogP contribution in [0, 0.1) is 0 Å². The van der Waals surface area contributed by atoms with Gasteiger partial charge in [0.05, 0.1) is 24.6 Å². The molecule has 0 aliphatic heterocycles. The van der Waals surface area contributed by atoms with Gasteiger partial charge in [-0.3, -0.25) is 4.79 Å². The van der Waals surface area contributed by atoms with E-state index in [1.54, 1.807) is 6.07 Å². The second-order valence-electron chi connectivity index (χ2n) is 4.35. The van der Waals surface area contributed by atoms with Crippen molar-refractivity contribution in [3.05, 3.63) is 35.7 Å². The fourth-order valence-corrected chi connectivity index (χ4v) is 1.45. The molecule has 2 heterocycles. The Balaban J connectivity index is 2.11. The molecule has 7 nitrogen and oxygen atoms in total. The van der Waals surface area contributed by atoms with Gasteiger partial charge in [-0.1, -0.05) is 19.0 Å². The molecule has 2 rings (SSSR count). The molecule has 0 atom stereocenters. The average Bonchev–Trinajstić information content (AvgIpc) is 2.89. The smallest absolute Gasteiger partial charge is 0.272 e. The molecule has 0 fully saturated rings. The maximum absolute atomic E-state index is 12.0. The molecular weight excluding hydrogens is 246 g/mol. The van der Waals surface area contributed by atoms with Crippen LogP contribution in [-0.4, -0.2) is 21.0 Å². The zero-order valence-electron chi connectivity index (χ0n) is 10.8. The Morgan fingerprint density at radius 1 is 1.53 bits per heavy atom. The van der Waals surface area contributed by atoms with Crippen LogP contribution in [0.15, 0.2) is 23.0 Å². The van der Waals surface area contributed by atoms with Crippen molar-refractivity contribution in [2.75, 3.05) is 5.73 Å². The van der Waals surface area contributed by atoms with Gasteiger partial charge in [0.25, 0.3) is 5.91 Å². The fourth-order valence-electron chi connectivity index (χ4n) is 1.45. The first kappa shape index (κ1) is 13.0. The topological polar surface area (TPSA) is 107 Å². The number of hydrogen-bond acceptors (Lipinski definition) is 6. The zero-order valence-corrected chi connectivity index (χ0v) is 10.8. The molecule has 0 radical (unpaired) electrons. The molecule has 2 aromatic rings. The van der Waals surface area contributed by atoms with Crippen LogP contribution < -0.4 is 11.1 Å². The Morgan fingerprint density at radius 2 is 2.32 bits per heavy atom. The fraction of sp³-hybridized carbons (Fsp3) is 0.333. The van der Waals surface area contributed by atoms with Gasteiger partial charge in [-0.05, 0) is 0 Å². The zero-order chi connectivity index (χ0) is 13.8. The van der Waals surface area contributed by atoms with Crippen LogP contribution in [0.25, 0.3) is 0 Å². The van der Waals surface area contributed by atoms with E-state index in [-0.39, 0.29) is 29.8 Å². The third-order valence-corrected chi connectivity index (χ3v) is 2.48. The lowest BCUT2D eigenvalue weighted by Crippen LogP contribution is -2.25. The van der Waals surface area contributed by atoms with Gasteiger partial charge >= 0.3 is 0 Å². The van der Waals surface area contributed by atoms with Crippen LogP contribution in [0.2, 0.25) is 0 Å². The summed E-state index contributed by atoms with van der Waals surface area (Å²) in [7, 11) is 0. The quantitative estimate of drug-likeness (QED) is 0.853. The van der Waals surface area contributed by atoms with E-state index >= 15 is 0 Å². The summed E-state index contributed by atoms with van der Waals surface area (Å²) in [6.07, 6.45) is 2.96. The number of nitrogens with zero attached hydrogens (tertiary/aromatic N) is 3. The lowest BCUT2D eigenvalue weighted by molar-refractivity contribution is 0.0942. The van der Waals surface area contributed by atoms with Crippen molar-refractivity contribution in [1.82, 2.24) is 20.4 Å². The van der Waals surface area contributed by atoms with Crippen molar-refractivity contribution in [3.8, 4) is 0 Å². The molecule has 0 aliphatic carbocycles. The van der Waals surface area contributed by atoms with E-state index < -0.39 is 0 Å². The predicted octanol–water partition coefficient (Wildman–Crippen LogP) is 1.10. The van der Waals surface area contributed by atoms with Crippen LogP contribution in [0.5, 0.6) is 0 Å². The molecule has 2 aromatic heterocycles. The molecule has 0 bridgehead atoms. The SMILES string of the molecule is CC(C)c1ncc(N)c(C(=O)NCc2ccno2)n1. The minimum atomic E-state index is -0.363. The van der Waals surface area contributed by atoms with Crippen molar-refractivity contribution >= 4 is 11.6 Å². The second-order valence-corrected chi connectivity index (χ2v) is 4.35. The van der Waals surface area contributed by atoms with E-state index in [2.05, 4.69) is 20.4 Å². The summed E-state index contributed by atoms with van der Waals surface area (Å²) in [5, 5.41) is 6.22. The number of nitrogen functional groups attached to an aromatic ring is 1. The summed E-state index contributed by atoms with van der Waals surface area (Å²) in [4.78, 5) is 20.3. The molecule has 0 aromatic carbocycles. The summed E-state index contributed by atoms with van der Waals surface area (Å²) in [6, 6.07) is 1.67. The van der Waals surface area contributed by atoms with Gasteiger partial charge in [-0.25, -0.2) is 9.97 Å². The number of carbonyl (C=O) groups is 1. The van der Waals surface area contributed by atoms with E-state index in [9.17, 15) is 4.79 Å². The number of nitrogens with two attached hydrogens (primary N) is 1. The summed E-state index contributed by atoms with van der Waals surface area (Å²) in [5.41, 5.74) is 6.15. The number of amides is 1. The van der Waals surface area contributed by atoms with E-state index in [0.29, 0.717) is 11.6 Å². The van der Waals surface area contributed by atoms with Gasteiger partial charge in [0, 0.05) is 12.0 Å². The number of aromatic nitrogens is 3. The van der Waals surface area contributed by atoms with E-state index in [0.717, 1.165) is 0 Å². The minimum absolute atomic E-state index is 0.126. The number of carbonyl (C=O) groups excluding carboxylic acids is 1. The normalized spacial score (nSPS) is 10.7. The van der Waals surface area contributed by atoms with Crippen molar-refractivity contribution in [3.63, 3.8) is 0 Å². The highest BCUT2D eigenvalue weighted by Crippen LogP contribution is 2.13. The van der Waals surface area contributed by atoms with Crippen LogP contribution >= 0.6 is 0 Å². The van der Waals surface area contributed by atoms with Crippen molar-refractivity contribution in [2.24, 2.45) is 0 Å². The van der Waals surface area contributed by atoms with Gasteiger partial charge < -0.3 is 15.6 Å². The van der Waals surface area contributed by atoms with E-state index in [1.807, 2.05) is 13.8 Å².